The number of hydrogen-bond donors (Lipinski definition) is 2. The largest absolute Gasteiger partial charge is 0.357 e. The molecular formula is C16H22BrFIN5. The van der Waals surface area contributed by atoms with Crippen molar-refractivity contribution in [3.05, 3.63) is 52.5 Å². The van der Waals surface area contributed by atoms with Crippen LogP contribution in [0.5, 0.6) is 0 Å². The van der Waals surface area contributed by atoms with Gasteiger partial charge in [0.25, 0.3) is 0 Å². The number of halogens is 3. The molecule has 1 aromatic carbocycles. The lowest BCUT2D eigenvalue weighted by Crippen LogP contribution is -2.38. The molecule has 1 heterocycles. The quantitative estimate of drug-likeness (QED) is 0.260. The maximum Gasteiger partial charge on any atom is 0.191 e. The van der Waals surface area contributed by atoms with Gasteiger partial charge in [0.1, 0.15) is 5.82 Å². The fourth-order valence-electron chi connectivity index (χ4n) is 2.05. The Balaban J connectivity index is 0.00000288. The Hall–Kier alpha value is -1.16. The van der Waals surface area contributed by atoms with E-state index in [1.807, 2.05) is 23.9 Å². The lowest BCUT2D eigenvalue weighted by atomic mass is 10.2. The van der Waals surface area contributed by atoms with Gasteiger partial charge in [-0.3, -0.25) is 4.68 Å². The molecule has 1 aromatic heterocycles. The van der Waals surface area contributed by atoms with Crippen molar-refractivity contribution in [3.8, 4) is 0 Å². The smallest absolute Gasteiger partial charge is 0.191 e. The van der Waals surface area contributed by atoms with Crippen LogP contribution in [0.25, 0.3) is 0 Å². The molecule has 132 valence electrons. The predicted octanol–water partition coefficient (Wildman–Crippen LogP) is 3.55. The Morgan fingerprint density at radius 1 is 1.38 bits per heavy atom. The molecule has 2 N–H and O–H groups in total. The van der Waals surface area contributed by atoms with Gasteiger partial charge in [-0.25, -0.2) is 9.38 Å². The first-order valence-corrected chi connectivity index (χ1v) is 8.42. The molecule has 0 aliphatic rings. The number of benzene rings is 1. The molecule has 0 spiro atoms. The van der Waals surface area contributed by atoms with Gasteiger partial charge < -0.3 is 10.6 Å². The summed E-state index contributed by atoms with van der Waals surface area (Å²) in [6.07, 6.45) is 4.66. The molecule has 0 fully saturated rings. The van der Waals surface area contributed by atoms with Crippen LogP contribution in [0.15, 0.2) is 46.1 Å². The lowest BCUT2D eigenvalue weighted by Gasteiger charge is -2.11. The zero-order chi connectivity index (χ0) is 16.5. The van der Waals surface area contributed by atoms with Crippen molar-refractivity contribution in [1.29, 1.82) is 0 Å². The van der Waals surface area contributed by atoms with Crippen LogP contribution in [0.3, 0.4) is 0 Å². The van der Waals surface area contributed by atoms with Crippen molar-refractivity contribution in [2.75, 3.05) is 13.1 Å². The standard InChI is InChI=1S/C16H21BrFN5.HI/c1-2-19-16(20-7-3-9-23-10-4-8-22-23)21-12-13-11-14(18)5-6-15(13)17;/h4-6,8,10-11H,2-3,7,9,12H2,1H3,(H2,19,20,21);1H. The van der Waals surface area contributed by atoms with Crippen molar-refractivity contribution < 1.29 is 4.39 Å². The average Bonchev–Trinajstić information content (AvgIpc) is 3.05. The van der Waals surface area contributed by atoms with Gasteiger partial charge in [-0.2, -0.15) is 5.10 Å². The number of nitrogens with one attached hydrogen (secondary N) is 2. The molecule has 0 unspecified atom stereocenters. The van der Waals surface area contributed by atoms with Gasteiger partial charge in [0, 0.05) is 36.5 Å². The van der Waals surface area contributed by atoms with Crippen LogP contribution < -0.4 is 10.6 Å². The molecule has 0 radical (unpaired) electrons. The second-order valence-corrected chi connectivity index (χ2v) is 5.83. The van der Waals surface area contributed by atoms with Gasteiger partial charge in [-0.1, -0.05) is 15.9 Å². The Morgan fingerprint density at radius 2 is 2.21 bits per heavy atom. The van der Waals surface area contributed by atoms with Crippen molar-refractivity contribution in [2.45, 2.75) is 26.4 Å². The first kappa shape index (κ1) is 20.9. The van der Waals surface area contributed by atoms with E-state index in [1.54, 1.807) is 12.3 Å². The Labute approximate surface area is 167 Å². The van der Waals surface area contributed by atoms with Crippen molar-refractivity contribution >= 4 is 45.9 Å². The molecular weight excluding hydrogens is 488 g/mol. The third kappa shape index (κ3) is 7.16. The zero-order valence-electron chi connectivity index (χ0n) is 13.5. The SMILES string of the molecule is CCNC(=NCc1cc(F)ccc1Br)NCCCn1cccn1.I. The third-order valence-corrected chi connectivity index (χ3v) is 3.95. The number of aryl methyl sites for hydroxylation is 1. The van der Waals surface area contributed by atoms with E-state index in [2.05, 4.69) is 36.7 Å². The average molecular weight is 510 g/mol. The highest BCUT2D eigenvalue weighted by Gasteiger charge is 2.03. The molecule has 5 nitrogen and oxygen atoms in total. The molecule has 2 aromatic rings. The summed E-state index contributed by atoms with van der Waals surface area (Å²) in [5.41, 5.74) is 0.818. The number of aromatic nitrogens is 2. The molecule has 0 aliphatic carbocycles. The predicted molar refractivity (Wildman–Crippen MR) is 109 cm³/mol. The van der Waals surface area contributed by atoms with Gasteiger partial charge in [-0.05, 0) is 43.2 Å². The van der Waals surface area contributed by atoms with E-state index >= 15 is 0 Å². The van der Waals surface area contributed by atoms with Gasteiger partial charge in [0.2, 0.25) is 0 Å². The minimum absolute atomic E-state index is 0. The molecule has 24 heavy (non-hydrogen) atoms. The van der Waals surface area contributed by atoms with Crippen LogP contribution in [0.4, 0.5) is 4.39 Å². The molecule has 0 aliphatic heterocycles. The van der Waals surface area contributed by atoms with Gasteiger partial charge >= 0.3 is 0 Å². The van der Waals surface area contributed by atoms with Crippen LogP contribution in [-0.2, 0) is 13.1 Å². The topological polar surface area (TPSA) is 54.2 Å². The summed E-state index contributed by atoms with van der Waals surface area (Å²) in [5, 5.41) is 10.6. The molecule has 0 saturated carbocycles. The van der Waals surface area contributed by atoms with E-state index in [9.17, 15) is 4.39 Å². The van der Waals surface area contributed by atoms with Gasteiger partial charge in [0.15, 0.2) is 5.96 Å². The summed E-state index contributed by atoms with van der Waals surface area (Å²) >= 11 is 3.42. The zero-order valence-corrected chi connectivity index (χ0v) is 17.4. The molecule has 8 heteroatoms. The summed E-state index contributed by atoms with van der Waals surface area (Å²) in [6, 6.07) is 6.53. The van der Waals surface area contributed by atoms with E-state index < -0.39 is 0 Å². The monoisotopic (exact) mass is 509 g/mol. The summed E-state index contributed by atoms with van der Waals surface area (Å²) in [6.45, 7) is 4.84. The molecule has 0 saturated heterocycles. The Bertz CT molecular complexity index is 633. The van der Waals surface area contributed by atoms with Gasteiger partial charge in [0.05, 0.1) is 6.54 Å². The highest BCUT2D eigenvalue weighted by atomic mass is 127. The van der Waals surface area contributed by atoms with Crippen LogP contribution in [-0.4, -0.2) is 28.8 Å². The van der Waals surface area contributed by atoms with E-state index in [4.69, 9.17) is 0 Å². The fraction of sp³-hybridized carbons (Fsp3) is 0.375. The number of aliphatic imine (C=N–C) groups is 1. The van der Waals surface area contributed by atoms with Crippen LogP contribution >= 0.6 is 39.9 Å². The van der Waals surface area contributed by atoms with E-state index in [0.717, 1.165) is 42.1 Å². The second-order valence-electron chi connectivity index (χ2n) is 4.98. The van der Waals surface area contributed by atoms with Crippen molar-refractivity contribution in [3.63, 3.8) is 0 Å². The maximum atomic E-state index is 13.3. The molecule has 0 atom stereocenters. The highest BCUT2D eigenvalue weighted by Crippen LogP contribution is 2.18. The Kier molecular flexibility index (Phi) is 9.92. The highest BCUT2D eigenvalue weighted by molar-refractivity contribution is 14.0. The minimum Gasteiger partial charge on any atom is -0.357 e. The maximum absolute atomic E-state index is 13.3. The fourth-order valence-corrected chi connectivity index (χ4v) is 2.42. The minimum atomic E-state index is -0.254. The van der Waals surface area contributed by atoms with Crippen LogP contribution in [0, 0.1) is 5.82 Å². The summed E-state index contributed by atoms with van der Waals surface area (Å²) in [4.78, 5) is 4.50. The normalized spacial score (nSPS) is 11.0. The number of rotatable bonds is 7. The number of guanidine groups is 1. The number of nitrogens with zero attached hydrogens (tertiary/aromatic N) is 3. The number of hydrogen-bond acceptors (Lipinski definition) is 2. The summed E-state index contributed by atoms with van der Waals surface area (Å²) < 4.78 is 16.1. The van der Waals surface area contributed by atoms with E-state index in [1.165, 1.54) is 12.1 Å². The van der Waals surface area contributed by atoms with Crippen molar-refractivity contribution in [1.82, 2.24) is 20.4 Å². The first-order chi connectivity index (χ1) is 11.2. The summed E-state index contributed by atoms with van der Waals surface area (Å²) in [5.74, 6) is 0.472. The third-order valence-electron chi connectivity index (χ3n) is 3.18. The van der Waals surface area contributed by atoms with Crippen LogP contribution in [0.1, 0.15) is 18.9 Å². The van der Waals surface area contributed by atoms with E-state index in [-0.39, 0.29) is 29.8 Å². The van der Waals surface area contributed by atoms with Gasteiger partial charge in [-0.15, -0.1) is 24.0 Å². The second kappa shape index (κ2) is 11.4. The molecule has 0 bridgehead atoms. The van der Waals surface area contributed by atoms with E-state index in [0.29, 0.717) is 6.54 Å². The molecule has 0 amide bonds. The Morgan fingerprint density at radius 3 is 2.92 bits per heavy atom. The van der Waals surface area contributed by atoms with Crippen LogP contribution in [0.2, 0.25) is 0 Å². The van der Waals surface area contributed by atoms with Crippen molar-refractivity contribution in [2.24, 2.45) is 4.99 Å². The first-order valence-electron chi connectivity index (χ1n) is 7.62. The lowest BCUT2D eigenvalue weighted by molar-refractivity contribution is 0.570. The molecule has 2 rings (SSSR count). The summed E-state index contributed by atoms with van der Waals surface area (Å²) in [7, 11) is 0.